The molecule has 0 saturated carbocycles. The number of amidine groups is 1. The smallest absolute Gasteiger partial charge is 0.326 e. The normalized spacial score (nSPS) is 15.9. The average Bonchev–Trinajstić information content (AvgIpc) is 3.66. The van der Waals surface area contributed by atoms with E-state index in [4.69, 9.17) is 32.9 Å². The molecule has 1 atom stereocenters. The second kappa shape index (κ2) is 12.2. The standard InChI is InChI=1S/C29H27Cl2N5O5/c30-21-13-19-15-36(28(38)18-4-3-17-8-12-41-23(17)14-18)11-7-20(19)26(31)25(21)27(37)34-22(29(39)40)5-6-24(33-16-32)35-9-1-2-10-35/h3-4,8,12-14,22H,1-2,5-7,9-11,15H2,(H,34,37)(H,39,40)/t22-/m0/s1. The second-order valence-electron chi connectivity index (χ2n) is 10.1. The maximum atomic E-state index is 13.2. The lowest BCUT2D eigenvalue weighted by molar-refractivity contribution is -0.139. The van der Waals surface area contributed by atoms with Crippen molar-refractivity contribution in [3.05, 3.63) is 68.9 Å². The fourth-order valence-electron chi connectivity index (χ4n) is 5.38. The number of carbonyl (C=O) groups excluding carboxylic acids is 2. The van der Waals surface area contributed by atoms with Crippen molar-refractivity contribution in [2.45, 2.75) is 44.7 Å². The van der Waals surface area contributed by atoms with Gasteiger partial charge in [-0.05, 0) is 61.1 Å². The van der Waals surface area contributed by atoms with Gasteiger partial charge >= 0.3 is 5.97 Å². The van der Waals surface area contributed by atoms with Gasteiger partial charge in [-0.2, -0.15) is 10.3 Å². The Morgan fingerprint density at radius 1 is 1.12 bits per heavy atom. The molecule has 0 spiro atoms. The van der Waals surface area contributed by atoms with E-state index in [-0.39, 0.29) is 40.9 Å². The van der Waals surface area contributed by atoms with Crippen LogP contribution in [-0.2, 0) is 17.8 Å². The van der Waals surface area contributed by atoms with E-state index in [0.29, 0.717) is 41.1 Å². The highest BCUT2D eigenvalue weighted by molar-refractivity contribution is 6.40. The van der Waals surface area contributed by atoms with Crippen LogP contribution in [0.15, 0.2) is 46.0 Å². The minimum atomic E-state index is -1.24. The Bertz CT molecular complexity index is 1590. The molecule has 1 aromatic heterocycles. The Labute approximate surface area is 246 Å². The molecule has 2 N–H and O–H groups in total. The first-order chi connectivity index (χ1) is 19.8. The third kappa shape index (κ3) is 6.01. The quantitative estimate of drug-likeness (QED) is 0.225. The van der Waals surface area contributed by atoms with Gasteiger partial charge < -0.3 is 24.6 Å². The van der Waals surface area contributed by atoms with Gasteiger partial charge in [0.15, 0.2) is 0 Å². The van der Waals surface area contributed by atoms with Crippen LogP contribution in [0.5, 0.6) is 0 Å². The van der Waals surface area contributed by atoms with Crippen LogP contribution in [0.4, 0.5) is 0 Å². The van der Waals surface area contributed by atoms with Crippen molar-refractivity contribution in [3.63, 3.8) is 0 Å². The van der Waals surface area contributed by atoms with E-state index >= 15 is 0 Å². The summed E-state index contributed by atoms with van der Waals surface area (Å²) in [6, 6.07) is 7.48. The number of nitrogens with one attached hydrogen (secondary N) is 1. The number of likely N-dealkylation sites (tertiary alicyclic amines) is 1. The second-order valence-corrected chi connectivity index (χ2v) is 10.8. The molecule has 3 aromatic rings. The molecule has 2 amide bonds. The molecule has 41 heavy (non-hydrogen) atoms. The van der Waals surface area contributed by atoms with Crippen LogP contribution in [-0.4, -0.2) is 64.2 Å². The van der Waals surface area contributed by atoms with Crippen LogP contribution in [0.25, 0.3) is 11.0 Å². The highest BCUT2D eigenvalue weighted by Crippen LogP contribution is 2.35. The summed E-state index contributed by atoms with van der Waals surface area (Å²) >= 11 is 13.2. The van der Waals surface area contributed by atoms with Gasteiger partial charge in [0.25, 0.3) is 11.8 Å². The van der Waals surface area contributed by atoms with Crippen molar-refractivity contribution in [3.8, 4) is 6.19 Å². The van der Waals surface area contributed by atoms with Gasteiger partial charge in [-0.15, -0.1) is 0 Å². The number of carboxylic acids is 1. The Kier molecular flexibility index (Phi) is 8.47. The first kappa shape index (κ1) is 28.5. The molecule has 0 aliphatic carbocycles. The number of rotatable bonds is 7. The molecule has 1 saturated heterocycles. The zero-order chi connectivity index (χ0) is 29.1. The predicted molar refractivity (Wildman–Crippen MR) is 153 cm³/mol. The van der Waals surface area contributed by atoms with E-state index in [0.717, 1.165) is 31.3 Å². The van der Waals surface area contributed by atoms with Gasteiger partial charge in [-0.1, -0.05) is 29.3 Å². The summed E-state index contributed by atoms with van der Waals surface area (Å²) in [5.74, 6) is -1.58. The molecule has 3 heterocycles. The number of benzene rings is 2. The lowest BCUT2D eigenvalue weighted by atomic mass is 9.95. The van der Waals surface area contributed by atoms with E-state index in [1.807, 2.05) is 17.0 Å². The van der Waals surface area contributed by atoms with E-state index in [1.165, 1.54) is 0 Å². The van der Waals surface area contributed by atoms with Crippen LogP contribution in [0.3, 0.4) is 0 Å². The number of aliphatic imine (C=N–C) groups is 1. The number of hydrogen-bond acceptors (Lipinski definition) is 6. The molecular formula is C29H27Cl2N5O5. The van der Waals surface area contributed by atoms with Crippen LogP contribution < -0.4 is 5.32 Å². The SMILES string of the molecule is N#CN=C(CC[C@H](NC(=O)c1c(Cl)cc2c(c1Cl)CCN(C(=O)c1ccc3ccoc3c1)C2)C(=O)O)N1CCCC1. The van der Waals surface area contributed by atoms with E-state index < -0.39 is 17.9 Å². The maximum absolute atomic E-state index is 13.2. The number of nitriles is 1. The first-order valence-corrected chi connectivity index (χ1v) is 14.0. The Morgan fingerprint density at radius 3 is 2.63 bits per heavy atom. The van der Waals surface area contributed by atoms with E-state index in [2.05, 4.69) is 10.3 Å². The number of nitrogens with zero attached hydrogens (tertiary/aromatic N) is 4. The average molecular weight is 596 g/mol. The van der Waals surface area contributed by atoms with Gasteiger partial charge in [-0.3, -0.25) is 9.59 Å². The molecule has 0 bridgehead atoms. The monoisotopic (exact) mass is 595 g/mol. The third-order valence-corrected chi connectivity index (χ3v) is 8.25. The molecule has 1 fully saturated rings. The van der Waals surface area contributed by atoms with Crippen molar-refractivity contribution in [1.29, 1.82) is 5.26 Å². The van der Waals surface area contributed by atoms with Crippen LogP contribution >= 0.6 is 23.2 Å². The summed E-state index contributed by atoms with van der Waals surface area (Å²) in [5, 5.41) is 22.5. The zero-order valence-corrected chi connectivity index (χ0v) is 23.5. The summed E-state index contributed by atoms with van der Waals surface area (Å²) in [7, 11) is 0. The van der Waals surface area contributed by atoms with Gasteiger partial charge in [0.2, 0.25) is 6.19 Å². The highest BCUT2D eigenvalue weighted by atomic mass is 35.5. The number of carboxylic acid groups (broad SMARTS) is 1. The molecular weight excluding hydrogens is 569 g/mol. The Hall–Kier alpha value is -4.07. The van der Waals surface area contributed by atoms with Crippen molar-refractivity contribution in [1.82, 2.24) is 15.1 Å². The number of halogens is 2. The fourth-order valence-corrected chi connectivity index (χ4v) is 6.15. The zero-order valence-electron chi connectivity index (χ0n) is 22.0. The van der Waals surface area contributed by atoms with Gasteiger partial charge in [-0.25, -0.2) is 4.79 Å². The molecule has 212 valence electrons. The number of aliphatic carboxylic acids is 1. The van der Waals surface area contributed by atoms with Gasteiger partial charge in [0.05, 0.1) is 21.9 Å². The van der Waals surface area contributed by atoms with Gasteiger partial charge in [0, 0.05) is 43.5 Å². The first-order valence-electron chi connectivity index (χ1n) is 13.3. The lowest BCUT2D eigenvalue weighted by Gasteiger charge is -2.30. The third-order valence-electron chi connectivity index (χ3n) is 7.53. The predicted octanol–water partition coefficient (Wildman–Crippen LogP) is 4.88. The number of carbonyl (C=O) groups is 3. The van der Waals surface area contributed by atoms with Crippen LogP contribution in [0.2, 0.25) is 10.0 Å². The van der Waals surface area contributed by atoms with E-state index in [9.17, 15) is 19.5 Å². The summed E-state index contributed by atoms with van der Waals surface area (Å²) < 4.78 is 5.42. The summed E-state index contributed by atoms with van der Waals surface area (Å²) in [4.78, 5) is 46.0. The summed E-state index contributed by atoms with van der Waals surface area (Å²) in [6.07, 6.45) is 5.96. The molecule has 5 rings (SSSR count). The van der Waals surface area contributed by atoms with Gasteiger partial charge in [0.1, 0.15) is 17.5 Å². The number of hydrogen-bond donors (Lipinski definition) is 2. The maximum Gasteiger partial charge on any atom is 0.326 e. The summed E-state index contributed by atoms with van der Waals surface area (Å²) in [5.41, 5.74) is 2.52. The molecule has 0 radical (unpaired) electrons. The number of fused-ring (bicyclic) bond motifs is 2. The Morgan fingerprint density at radius 2 is 1.90 bits per heavy atom. The van der Waals surface area contributed by atoms with Crippen molar-refractivity contribution < 1.29 is 23.9 Å². The molecule has 2 aliphatic heterocycles. The van der Waals surface area contributed by atoms with Crippen molar-refractivity contribution in [2.24, 2.45) is 4.99 Å². The number of furan rings is 1. The lowest BCUT2D eigenvalue weighted by Crippen LogP contribution is -2.42. The molecule has 2 aliphatic rings. The topological polar surface area (TPSA) is 139 Å². The molecule has 12 heteroatoms. The summed E-state index contributed by atoms with van der Waals surface area (Å²) in [6.45, 7) is 2.14. The van der Waals surface area contributed by atoms with E-state index in [1.54, 1.807) is 35.6 Å². The highest BCUT2D eigenvalue weighted by Gasteiger charge is 2.30. The fraction of sp³-hybridized carbons (Fsp3) is 0.345. The molecule has 2 aromatic carbocycles. The van der Waals surface area contributed by atoms with Crippen molar-refractivity contribution in [2.75, 3.05) is 19.6 Å². The molecule has 10 nitrogen and oxygen atoms in total. The minimum absolute atomic E-state index is 0.00756. The number of amides is 2. The van der Waals surface area contributed by atoms with Crippen molar-refractivity contribution >= 4 is 57.8 Å². The largest absolute Gasteiger partial charge is 0.480 e. The molecule has 0 unspecified atom stereocenters. The Balaban J connectivity index is 1.30. The van der Waals surface area contributed by atoms with Crippen LogP contribution in [0, 0.1) is 11.5 Å². The minimum Gasteiger partial charge on any atom is -0.480 e. The van der Waals surface area contributed by atoms with Crippen LogP contribution in [0.1, 0.15) is 57.5 Å².